The van der Waals surface area contributed by atoms with E-state index >= 15 is 0 Å². The van der Waals surface area contributed by atoms with Crippen LogP contribution in [0.3, 0.4) is 0 Å². The summed E-state index contributed by atoms with van der Waals surface area (Å²) in [6.07, 6.45) is 5.19. The number of halogens is 1. The monoisotopic (exact) mass is 450 g/mol. The molecule has 2 N–H and O–H groups in total. The highest BCUT2D eigenvalue weighted by molar-refractivity contribution is 9.10. The van der Waals surface area contributed by atoms with E-state index in [2.05, 4.69) is 30.9 Å². The Hall–Kier alpha value is -2.03. The second-order valence-corrected chi connectivity index (χ2v) is 9.56. The zero-order valence-electron chi connectivity index (χ0n) is 16.6. The van der Waals surface area contributed by atoms with Crippen LogP contribution in [0.25, 0.3) is 5.52 Å². The summed E-state index contributed by atoms with van der Waals surface area (Å²) >= 11 is 3.57. The zero-order chi connectivity index (χ0) is 20.1. The predicted octanol–water partition coefficient (Wildman–Crippen LogP) is 3.44. The lowest BCUT2D eigenvalue weighted by atomic mass is 9.85. The molecule has 2 saturated heterocycles. The lowest BCUT2D eigenvalue weighted by Gasteiger charge is -2.45. The Labute approximate surface area is 173 Å². The summed E-state index contributed by atoms with van der Waals surface area (Å²) < 4.78 is 8.39. The van der Waals surface area contributed by atoms with Gasteiger partial charge in [-0.2, -0.15) is 5.10 Å². The van der Waals surface area contributed by atoms with Crippen LogP contribution < -0.4 is 10.6 Å². The van der Waals surface area contributed by atoms with Crippen molar-refractivity contribution in [2.75, 3.05) is 30.3 Å². The molecule has 0 radical (unpaired) electrons. The van der Waals surface area contributed by atoms with Crippen molar-refractivity contribution in [2.45, 2.75) is 57.6 Å². The minimum atomic E-state index is -0.474. The molecule has 1 amide bonds. The van der Waals surface area contributed by atoms with E-state index in [4.69, 9.17) is 10.5 Å². The summed E-state index contributed by atoms with van der Waals surface area (Å²) in [5.41, 5.74) is 6.23. The molecule has 4 rings (SSSR count). The van der Waals surface area contributed by atoms with Gasteiger partial charge in [0.05, 0.1) is 4.47 Å². The first-order valence-corrected chi connectivity index (χ1v) is 10.5. The number of nitrogens with two attached hydrogens (primary N) is 1. The molecule has 2 aliphatic heterocycles. The summed E-state index contributed by atoms with van der Waals surface area (Å²) in [4.78, 5) is 21.1. The summed E-state index contributed by atoms with van der Waals surface area (Å²) in [7, 11) is 0. The number of fused-ring (bicyclic) bond motifs is 1. The van der Waals surface area contributed by atoms with Gasteiger partial charge in [-0.3, -0.25) is 0 Å². The number of rotatable bonds is 1. The highest BCUT2D eigenvalue weighted by atomic mass is 79.9. The number of carbonyl (C=O) groups excluding carboxylic acids is 1. The number of likely N-dealkylation sites (tertiary alicyclic amines) is 1. The Kier molecular flexibility index (Phi) is 4.68. The van der Waals surface area contributed by atoms with Gasteiger partial charge in [0.25, 0.3) is 0 Å². The average molecular weight is 451 g/mol. The Bertz CT molecular complexity index is 898. The number of anilines is 2. The number of ether oxygens (including phenoxy) is 1. The Morgan fingerprint density at radius 3 is 2.64 bits per heavy atom. The van der Waals surface area contributed by atoms with Crippen LogP contribution in [-0.2, 0) is 4.74 Å². The summed E-state index contributed by atoms with van der Waals surface area (Å²) in [6, 6.07) is 2.04. The normalized spacial score (nSPS) is 19.6. The minimum absolute atomic E-state index is 0.100. The van der Waals surface area contributed by atoms with E-state index in [1.54, 1.807) is 0 Å². The molecule has 0 atom stereocenters. The largest absolute Gasteiger partial charge is 0.444 e. The Balaban J connectivity index is 1.53. The standard InChI is InChI=1S/C19H27BrN6O2/c1-18(2,3)28-17(27)25-8-4-5-19(25)6-9-24(10-7-19)14-11-13(20)15-16(21)22-12-23-26(14)15/h11-12H,4-10H2,1-3H3,(H2,21,22,23). The topological polar surface area (TPSA) is 89.0 Å². The molecule has 2 aliphatic rings. The average Bonchev–Trinajstić information content (AvgIpc) is 3.17. The van der Waals surface area contributed by atoms with Gasteiger partial charge < -0.3 is 20.3 Å². The van der Waals surface area contributed by atoms with Crippen molar-refractivity contribution in [3.05, 3.63) is 16.9 Å². The maximum absolute atomic E-state index is 12.8. The van der Waals surface area contributed by atoms with E-state index in [1.807, 2.05) is 36.3 Å². The lowest BCUT2D eigenvalue weighted by Crippen LogP contribution is -2.55. The van der Waals surface area contributed by atoms with Crippen LogP contribution in [0.2, 0.25) is 0 Å². The number of hydrogen-bond acceptors (Lipinski definition) is 6. The molecule has 2 fully saturated rings. The van der Waals surface area contributed by atoms with Gasteiger partial charge in [0.15, 0.2) is 5.82 Å². The molecule has 0 aromatic carbocycles. The highest BCUT2D eigenvalue weighted by Gasteiger charge is 2.47. The quantitative estimate of drug-likeness (QED) is 0.715. The number of carbonyl (C=O) groups is 1. The summed E-state index contributed by atoms with van der Waals surface area (Å²) in [5.74, 6) is 1.45. The highest BCUT2D eigenvalue weighted by Crippen LogP contribution is 2.41. The molecule has 2 aromatic heterocycles. The van der Waals surface area contributed by atoms with E-state index in [0.717, 1.165) is 61.1 Å². The van der Waals surface area contributed by atoms with Crippen molar-refractivity contribution in [3.63, 3.8) is 0 Å². The predicted molar refractivity (Wildman–Crippen MR) is 111 cm³/mol. The molecule has 9 heteroatoms. The van der Waals surface area contributed by atoms with Gasteiger partial charge in [-0.1, -0.05) is 0 Å². The first-order valence-electron chi connectivity index (χ1n) is 9.73. The third kappa shape index (κ3) is 3.29. The smallest absolute Gasteiger partial charge is 0.410 e. The number of hydrogen-bond donors (Lipinski definition) is 1. The van der Waals surface area contributed by atoms with Crippen LogP contribution in [0, 0.1) is 0 Å². The zero-order valence-corrected chi connectivity index (χ0v) is 18.2. The molecule has 8 nitrogen and oxygen atoms in total. The second kappa shape index (κ2) is 6.79. The van der Waals surface area contributed by atoms with Crippen LogP contribution in [0.4, 0.5) is 16.4 Å². The molecule has 2 aromatic rings. The number of amides is 1. The number of nitrogens with zero attached hydrogens (tertiary/aromatic N) is 5. The van der Waals surface area contributed by atoms with Gasteiger partial charge in [0, 0.05) is 25.2 Å². The number of aromatic nitrogens is 3. The van der Waals surface area contributed by atoms with E-state index in [1.165, 1.54) is 6.33 Å². The number of nitrogen functional groups attached to an aromatic ring is 1. The molecular formula is C19H27BrN6O2. The molecule has 0 bridgehead atoms. The number of piperidine rings is 1. The van der Waals surface area contributed by atoms with Gasteiger partial charge in [-0.15, -0.1) is 0 Å². The van der Waals surface area contributed by atoms with Gasteiger partial charge in [0.1, 0.15) is 23.3 Å². The molecule has 1 spiro atoms. The third-order valence-corrected chi connectivity index (χ3v) is 6.35. The molecule has 0 unspecified atom stereocenters. The lowest BCUT2D eigenvalue weighted by molar-refractivity contribution is 0.00319. The van der Waals surface area contributed by atoms with Crippen molar-refractivity contribution >= 4 is 39.2 Å². The van der Waals surface area contributed by atoms with Crippen molar-refractivity contribution in [1.82, 2.24) is 19.5 Å². The van der Waals surface area contributed by atoms with Crippen molar-refractivity contribution in [2.24, 2.45) is 0 Å². The van der Waals surface area contributed by atoms with Crippen LogP contribution in [0.15, 0.2) is 16.9 Å². The van der Waals surface area contributed by atoms with Gasteiger partial charge in [-0.05, 0) is 68.5 Å². The minimum Gasteiger partial charge on any atom is -0.444 e. The molecule has 152 valence electrons. The third-order valence-electron chi connectivity index (χ3n) is 5.75. The molecule has 0 saturated carbocycles. The van der Waals surface area contributed by atoms with E-state index in [0.29, 0.717) is 5.82 Å². The van der Waals surface area contributed by atoms with E-state index in [-0.39, 0.29) is 11.6 Å². The molecule has 28 heavy (non-hydrogen) atoms. The van der Waals surface area contributed by atoms with Crippen molar-refractivity contribution in [3.8, 4) is 0 Å². The second-order valence-electron chi connectivity index (χ2n) is 8.70. The fraction of sp³-hybridized carbons (Fsp3) is 0.632. The van der Waals surface area contributed by atoms with Gasteiger partial charge in [-0.25, -0.2) is 14.3 Å². The van der Waals surface area contributed by atoms with Gasteiger partial charge >= 0.3 is 6.09 Å². The van der Waals surface area contributed by atoms with Crippen LogP contribution in [0.5, 0.6) is 0 Å². The molecular weight excluding hydrogens is 424 g/mol. The maximum atomic E-state index is 12.8. The SMILES string of the molecule is CC(C)(C)OC(=O)N1CCCC12CCN(c1cc(Br)c3c(N)ncnn13)CC2. The van der Waals surface area contributed by atoms with Gasteiger partial charge in [0.2, 0.25) is 0 Å². The van der Waals surface area contributed by atoms with E-state index in [9.17, 15) is 4.79 Å². The Morgan fingerprint density at radius 1 is 1.25 bits per heavy atom. The fourth-order valence-electron chi connectivity index (χ4n) is 4.44. The summed E-state index contributed by atoms with van der Waals surface area (Å²) in [6.45, 7) is 8.22. The maximum Gasteiger partial charge on any atom is 0.410 e. The van der Waals surface area contributed by atoms with Crippen LogP contribution in [0.1, 0.15) is 46.5 Å². The van der Waals surface area contributed by atoms with Crippen LogP contribution >= 0.6 is 15.9 Å². The molecule has 0 aliphatic carbocycles. The first-order chi connectivity index (χ1) is 13.2. The van der Waals surface area contributed by atoms with Crippen LogP contribution in [-0.4, -0.2) is 56.4 Å². The van der Waals surface area contributed by atoms with Crippen molar-refractivity contribution in [1.29, 1.82) is 0 Å². The summed E-state index contributed by atoms with van der Waals surface area (Å²) in [5, 5.41) is 4.38. The van der Waals surface area contributed by atoms with Crippen molar-refractivity contribution < 1.29 is 9.53 Å². The fourth-order valence-corrected chi connectivity index (χ4v) is 5.02. The van der Waals surface area contributed by atoms with E-state index < -0.39 is 5.60 Å². The Morgan fingerprint density at radius 2 is 1.96 bits per heavy atom. The molecule has 4 heterocycles. The first kappa shape index (κ1) is 19.3.